The topological polar surface area (TPSA) is 41.1 Å². The molecule has 2 N–H and O–H groups in total. The zero-order valence-corrected chi connectivity index (χ0v) is 15.1. The molecule has 0 unspecified atom stereocenters. The third kappa shape index (κ3) is 3.33. The lowest BCUT2D eigenvalue weighted by atomic mass is 9.76. The number of hydrogen-bond acceptors (Lipinski definition) is 2. The van der Waals surface area contributed by atoms with Gasteiger partial charge in [-0.15, -0.1) is 0 Å². The first kappa shape index (κ1) is 17.0. The van der Waals surface area contributed by atoms with Gasteiger partial charge in [-0.2, -0.15) is 0 Å². The molecule has 0 radical (unpaired) electrons. The molecule has 1 aliphatic carbocycles. The maximum Gasteiger partial charge on any atom is 0.221 e. The summed E-state index contributed by atoms with van der Waals surface area (Å²) in [6.45, 7) is 3.56. The van der Waals surface area contributed by atoms with Gasteiger partial charge in [0.25, 0.3) is 0 Å². The van der Waals surface area contributed by atoms with Crippen LogP contribution in [0.3, 0.4) is 0 Å². The van der Waals surface area contributed by atoms with Crippen molar-refractivity contribution in [3.63, 3.8) is 0 Å². The third-order valence-corrected chi connectivity index (χ3v) is 5.26. The lowest BCUT2D eigenvalue weighted by Crippen LogP contribution is -2.24. The van der Waals surface area contributed by atoms with Gasteiger partial charge in [-0.25, -0.2) is 0 Å². The molecule has 1 aliphatic rings. The SMILES string of the molecule is CN[C@H]1CC[C@@H](c2ccc(C)c(Cl)c2)c2ccc(NC(C)=O)cc21. The molecule has 0 heterocycles. The summed E-state index contributed by atoms with van der Waals surface area (Å²) in [7, 11) is 1.99. The van der Waals surface area contributed by atoms with Gasteiger partial charge >= 0.3 is 0 Å². The van der Waals surface area contributed by atoms with Crippen LogP contribution in [0.1, 0.15) is 54.0 Å². The molecule has 0 aliphatic heterocycles. The second kappa shape index (κ2) is 6.96. The summed E-state index contributed by atoms with van der Waals surface area (Å²) in [6.07, 6.45) is 2.14. The van der Waals surface area contributed by atoms with Crippen molar-refractivity contribution in [2.45, 2.75) is 38.6 Å². The maximum atomic E-state index is 11.3. The average Bonchev–Trinajstić information content (AvgIpc) is 2.55. The molecular weight excluding hydrogens is 320 g/mol. The molecule has 3 nitrogen and oxygen atoms in total. The van der Waals surface area contributed by atoms with Crippen LogP contribution in [0.5, 0.6) is 0 Å². The minimum absolute atomic E-state index is 0.0476. The fourth-order valence-electron chi connectivity index (χ4n) is 3.59. The Morgan fingerprint density at radius 2 is 1.92 bits per heavy atom. The zero-order chi connectivity index (χ0) is 17.3. The Morgan fingerprint density at radius 3 is 2.58 bits per heavy atom. The van der Waals surface area contributed by atoms with E-state index in [-0.39, 0.29) is 5.91 Å². The van der Waals surface area contributed by atoms with Crippen LogP contribution in [0.4, 0.5) is 5.69 Å². The number of aryl methyl sites for hydroxylation is 1. The highest BCUT2D eigenvalue weighted by Crippen LogP contribution is 2.42. The van der Waals surface area contributed by atoms with Gasteiger partial charge in [0.05, 0.1) is 0 Å². The molecule has 4 heteroatoms. The van der Waals surface area contributed by atoms with Crippen molar-refractivity contribution in [1.82, 2.24) is 5.32 Å². The third-order valence-electron chi connectivity index (χ3n) is 4.85. The molecule has 24 heavy (non-hydrogen) atoms. The van der Waals surface area contributed by atoms with E-state index in [1.807, 2.05) is 20.0 Å². The molecular formula is C20H23ClN2O. The number of anilines is 1. The maximum absolute atomic E-state index is 11.3. The molecule has 2 aromatic carbocycles. The van der Waals surface area contributed by atoms with Gasteiger partial charge in [-0.05, 0) is 67.3 Å². The lowest BCUT2D eigenvalue weighted by molar-refractivity contribution is -0.114. The van der Waals surface area contributed by atoms with Gasteiger partial charge < -0.3 is 10.6 Å². The molecule has 0 spiro atoms. The highest BCUT2D eigenvalue weighted by atomic mass is 35.5. The normalized spacial score (nSPS) is 19.7. The Morgan fingerprint density at radius 1 is 1.12 bits per heavy atom. The van der Waals surface area contributed by atoms with E-state index in [4.69, 9.17) is 11.6 Å². The van der Waals surface area contributed by atoms with E-state index in [1.165, 1.54) is 23.6 Å². The van der Waals surface area contributed by atoms with Gasteiger partial charge in [-0.1, -0.05) is 29.8 Å². The zero-order valence-electron chi connectivity index (χ0n) is 14.3. The molecule has 3 rings (SSSR count). The summed E-state index contributed by atoms with van der Waals surface area (Å²) in [5, 5.41) is 7.10. The molecule has 1 amide bonds. The van der Waals surface area contributed by atoms with Crippen LogP contribution >= 0.6 is 11.6 Å². The first-order valence-corrected chi connectivity index (χ1v) is 8.72. The summed E-state index contributed by atoms with van der Waals surface area (Å²) >= 11 is 6.34. The van der Waals surface area contributed by atoms with Crippen molar-refractivity contribution in [3.05, 3.63) is 63.7 Å². The predicted molar refractivity (Wildman–Crippen MR) is 99.8 cm³/mol. The highest BCUT2D eigenvalue weighted by molar-refractivity contribution is 6.31. The second-order valence-corrected chi connectivity index (χ2v) is 6.91. The number of halogens is 1. The van der Waals surface area contributed by atoms with Crippen molar-refractivity contribution >= 4 is 23.2 Å². The highest BCUT2D eigenvalue weighted by Gasteiger charge is 2.28. The molecule has 2 aromatic rings. The van der Waals surface area contributed by atoms with Gasteiger partial charge in [0.1, 0.15) is 0 Å². The average molecular weight is 343 g/mol. The molecule has 2 atom stereocenters. The first-order chi connectivity index (χ1) is 11.5. The van der Waals surface area contributed by atoms with E-state index in [9.17, 15) is 4.79 Å². The molecule has 0 saturated carbocycles. The Hall–Kier alpha value is -1.84. The molecule has 0 bridgehead atoms. The summed E-state index contributed by atoms with van der Waals surface area (Å²) in [5.41, 5.74) is 5.79. The van der Waals surface area contributed by atoms with Crippen molar-refractivity contribution < 1.29 is 4.79 Å². The van der Waals surface area contributed by atoms with Crippen molar-refractivity contribution in [3.8, 4) is 0 Å². The van der Waals surface area contributed by atoms with Crippen LogP contribution in [0.15, 0.2) is 36.4 Å². The Kier molecular flexibility index (Phi) is 4.93. The summed E-state index contributed by atoms with van der Waals surface area (Å²) < 4.78 is 0. The summed E-state index contributed by atoms with van der Waals surface area (Å²) in [5.74, 6) is 0.294. The predicted octanol–water partition coefficient (Wildman–Crippen LogP) is 4.79. The van der Waals surface area contributed by atoms with E-state index in [1.54, 1.807) is 0 Å². The minimum Gasteiger partial charge on any atom is -0.326 e. The number of fused-ring (bicyclic) bond motifs is 1. The Labute approximate surface area is 148 Å². The van der Waals surface area contributed by atoms with Crippen molar-refractivity contribution in [2.75, 3.05) is 12.4 Å². The smallest absolute Gasteiger partial charge is 0.221 e. The second-order valence-electron chi connectivity index (χ2n) is 6.50. The number of rotatable bonds is 3. The molecule has 0 saturated heterocycles. The van der Waals surface area contributed by atoms with Gasteiger partial charge in [0, 0.05) is 29.6 Å². The number of carbonyl (C=O) groups is 1. The van der Waals surface area contributed by atoms with E-state index in [0.717, 1.165) is 29.1 Å². The van der Waals surface area contributed by atoms with E-state index in [2.05, 4.69) is 41.0 Å². The first-order valence-electron chi connectivity index (χ1n) is 8.34. The summed E-state index contributed by atoms with van der Waals surface area (Å²) in [4.78, 5) is 11.3. The minimum atomic E-state index is -0.0476. The van der Waals surface area contributed by atoms with Gasteiger partial charge in [0.2, 0.25) is 5.91 Å². The number of amides is 1. The number of hydrogen-bond donors (Lipinski definition) is 2. The van der Waals surface area contributed by atoms with E-state index >= 15 is 0 Å². The van der Waals surface area contributed by atoms with E-state index < -0.39 is 0 Å². The quantitative estimate of drug-likeness (QED) is 0.841. The molecule has 0 fully saturated rings. The number of benzene rings is 2. The lowest BCUT2D eigenvalue weighted by Gasteiger charge is -2.32. The van der Waals surface area contributed by atoms with E-state index in [0.29, 0.717) is 12.0 Å². The largest absolute Gasteiger partial charge is 0.326 e. The fourth-order valence-corrected chi connectivity index (χ4v) is 3.78. The number of nitrogens with one attached hydrogen (secondary N) is 2. The summed E-state index contributed by atoms with van der Waals surface area (Å²) in [6, 6.07) is 12.9. The van der Waals surface area contributed by atoms with Crippen LogP contribution < -0.4 is 10.6 Å². The van der Waals surface area contributed by atoms with Crippen molar-refractivity contribution in [1.29, 1.82) is 0 Å². The Bertz CT molecular complexity index is 772. The fraction of sp³-hybridized carbons (Fsp3) is 0.350. The molecule has 126 valence electrons. The van der Waals surface area contributed by atoms with Crippen LogP contribution in [0.25, 0.3) is 0 Å². The van der Waals surface area contributed by atoms with Crippen LogP contribution in [-0.4, -0.2) is 13.0 Å². The standard InChI is InChI=1S/C20H23ClN2O/c1-12-4-5-14(10-19(12)21)16-8-9-20(22-3)18-11-15(23-13(2)24)6-7-17(16)18/h4-7,10-11,16,20,22H,8-9H2,1-3H3,(H,23,24)/t16-,20-/m0/s1. The van der Waals surface area contributed by atoms with Crippen LogP contribution in [-0.2, 0) is 4.79 Å². The van der Waals surface area contributed by atoms with Crippen LogP contribution in [0.2, 0.25) is 5.02 Å². The number of carbonyl (C=O) groups excluding carboxylic acids is 1. The molecule has 0 aromatic heterocycles. The van der Waals surface area contributed by atoms with Crippen molar-refractivity contribution in [2.24, 2.45) is 0 Å². The monoisotopic (exact) mass is 342 g/mol. The Balaban J connectivity index is 2.03. The van der Waals surface area contributed by atoms with Crippen LogP contribution in [0, 0.1) is 6.92 Å². The van der Waals surface area contributed by atoms with Gasteiger partial charge in [0.15, 0.2) is 0 Å². The van der Waals surface area contributed by atoms with Gasteiger partial charge in [-0.3, -0.25) is 4.79 Å².